The molecule has 0 aromatic heterocycles. The summed E-state index contributed by atoms with van der Waals surface area (Å²) in [5.41, 5.74) is 5.01. The van der Waals surface area contributed by atoms with Gasteiger partial charge in [0.05, 0.1) is 56.4 Å². The fourth-order valence-corrected chi connectivity index (χ4v) is 6.99. The second-order valence-electron chi connectivity index (χ2n) is 14.8. The molecule has 18 heteroatoms. The van der Waals surface area contributed by atoms with E-state index < -0.39 is 29.8 Å². The van der Waals surface area contributed by atoms with Crippen LogP contribution in [-0.2, 0) is 90.3 Å². The van der Waals surface area contributed by atoms with Gasteiger partial charge in [0.2, 0.25) is 0 Å². The highest BCUT2D eigenvalue weighted by atomic mass is 16.6. The molecule has 0 aliphatic rings. The van der Waals surface area contributed by atoms with Crippen LogP contribution in [0.5, 0.6) is 46.0 Å². The minimum atomic E-state index is -1.02. The van der Waals surface area contributed by atoms with Gasteiger partial charge in [-0.2, -0.15) is 0 Å². The van der Waals surface area contributed by atoms with Gasteiger partial charge in [-0.25, -0.2) is 0 Å². The molecule has 0 amide bonds. The molecule has 0 radical (unpaired) electrons. The van der Waals surface area contributed by atoms with Gasteiger partial charge in [0, 0.05) is 32.6 Å². The van der Waals surface area contributed by atoms with Crippen molar-refractivity contribution in [1.82, 2.24) is 0 Å². The molecule has 0 unspecified atom stereocenters. The molecule has 4 aromatic rings. The molecule has 67 heavy (non-hydrogen) atoms. The minimum Gasteiger partial charge on any atom is -0.493 e. The van der Waals surface area contributed by atoms with Gasteiger partial charge in [-0.3, -0.25) is 24.0 Å². The van der Waals surface area contributed by atoms with Crippen molar-refractivity contribution in [2.24, 2.45) is 0 Å². The van der Waals surface area contributed by atoms with Gasteiger partial charge in [0.1, 0.15) is 19.8 Å². The Morgan fingerprint density at radius 1 is 0.403 bits per heavy atom. The molecular formula is C49H58O18. The zero-order valence-corrected chi connectivity index (χ0v) is 39.0. The summed E-state index contributed by atoms with van der Waals surface area (Å²) in [5.74, 6) is -0.460. The van der Waals surface area contributed by atoms with Crippen molar-refractivity contribution in [1.29, 1.82) is 0 Å². The highest BCUT2D eigenvalue weighted by Gasteiger charge is 2.21. The first-order chi connectivity index (χ1) is 32.2. The van der Waals surface area contributed by atoms with Crippen LogP contribution in [0.1, 0.15) is 77.1 Å². The van der Waals surface area contributed by atoms with Crippen LogP contribution in [0, 0.1) is 0 Å². The third-order valence-electron chi connectivity index (χ3n) is 10.6. The Morgan fingerprint density at radius 2 is 0.687 bits per heavy atom. The highest BCUT2D eigenvalue weighted by molar-refractivity contribution is 5.72. The monoisotopic (exact) mass is 934 g/mol. The summed E-state index contributed by atoms with van der Waals surface area (Å²) in [6.07, 6.45) is 0.846. The van der Waals surface area contributed by atoms with Gasteiger partial charge < -0.3 is 62.3 Å². The quantitative estimate of drug-likeness (QED) is 0.0385. The summed E-state index contributed by atoms with van der Waals surface area (Å²) in [6.45, 7) is 0.860. The summed E-state index contributed by atoms with van der Waals surface area (Å²) in [5, 5.41) is 19.5. The van der Waals surface area contributed by atoms with E-state index in [1.807, 2.05) is 0 Å². The van der Waals surface area contributed by atoms with Crippen molar-refractivity contribution < 1.29 is 86.3 Å². The maximum atomic E-state index is 12.4. The number of carbonyl (C=O) groups excluding carboxylic acids is 4. The van der Waals surface area contributed by atoms with Gasteiger partial charge in [-0.15, -0.1) is 0 Å². The molecule has 0 saturated carbocycles. The number of benzene rings is 4. The van der Waals surface area contributed by atoms with Crippen LogP contribution in [0.2, 0.25) is 0 Å². The second kappa shape index (κ2) is 26.1. The highest BCUT2D eigenvalue weighted by Crippen LogP contribution is 2.39. The van der Waals surface area contributed by atoms with Crippen molar-refractivity contribution in [3.8, 4) is 46.0 Å². The molecule has 362 valence electrons. The van der Waals surface area contributed by atoms with E-state index in [1.54, 1.807) is 48.5 Å². The smallest absolute Gasteiger partial charge is 0.308 e. The molecule has 0 aliphatic heterocycles. The van der Waals surface area contributed by atoms with Crippen LogP contribution < -0.4 is 37.9 Å². The SMILES string of the molecule is COC(=O)CCc1cc(OCc2cc(OC)c(OCc3cc(OC)c(OCc4cc(OC)c(OC(C)=O)cc4CCC(=O)O)cc3CCC(=O)OC)cc2CCC(=O)OC)c(OC)cc1CO. The van der Waals surface area contributed by atoms with Gasteiger partial charge in [-0.1, -0.05) is 0 Å². The number of carboxylic acid groups (broad SMARTS) is 1. The number of aryl methyl sites for hydroxylation is 4. The molecular weight excluding hydrogens is 877 g/mol. The Labute approximate surface area is 388 Å². The summed E-state index contributed by atoms with van der Waals surface area (Å²) in [7, 11) is 9.74. The number of carboxylic acids is 1. The lowest BCUT2D eigenvalue weighted by Gasteiger charge is -2.20. The van der Waals surface area contributed by atoms with Crippen molar-refractivity contribution in [3.05, 3.63) is 93.0 Å². The molecule has 2 N–H and O–H groups in total. The van der Waals surface area contributed by atoms with Crippen LogP contribution in [0.25, 0.3) is 0 Å². The number of carbonyl (C=O) groups is 5. The normalized spacial score (nSPS) is 10.6. The van der Waals surface area contributed by atoms with E-state index in [9.17, 15) is 34.2 Å². The summed E-state index contributed by atoms with van der Waals surface area (Å²) in [4.78, 5) is 60.0. The maximum absolute atomic E-state index is 12.4. The largest absolute Gasteiger partial charge is 0.493 e. The predicted molar refractivity (Wildman–Crippen MR) is 239 cm³/mol. The number of methoxy groups -OCH3 is 7. The van der Waals surface area contributed by atoms with Crippen molar-refractivity contribution in [2.75, 3.05) is 49.8 Å². The van der Waals surface area contributed by atoms with Crippen LogP contribution in [0.4, 0.5) is 0 Å². The Bertz CT molecular complexity index is 2370. The van der Waals surface area contributed by atoms with E-state index in [4.69, 9.17) is 52.1 Å². The number of hydrogen-bond acceptors (Lipinski definition) is 17. The van der Waals surface area contributed by atoms with Crippen LogP contribution in [0.15, 0.2) is 48.5 Å². The molecule has 0 aliphatic carbocycles. The first-order valence-electron chi connectivity index (χ1n) is 21.1. The Hall–Kier alpha value is -7.21. The molecule has 0 heterocycles. The fraction of sp³-hybridized carbons (Fsp3) is 0.408. The summed E-state index contributed by atoms with van der Waals surface area (Å²) in [6, 6.07) is 13.5. The second-order valence-corrected chi connectivity index (χ2v) is 14.8. The third kappa shape index (κ3) is 15.2. The van der Waals surface area contributed by atoms with Gasteiger partial charge in [0.25, 0.3) is 0 Å². The number of hydrogen-bond donors (Lipinski definition) is 2. The number of rotatable bonds is 27. The lowest BCUT2D eigenvalue weighted by atomic mass is 10.0. The zero-order valence-electron chi connectivity index (χ0n) is 39.0. The fourth-order valence-electron chi connectivity index (χ4n) is 6.99. The van der Waals surface area contributed by atoms with E-state index >= 15 is 0 Å². The average molecular weight is 935 g/mol. The Kier molecular flexibility index (Phi) is 20.4. The molecule has 4 rings (SSSR count). The first kappa shape index (κ1) is 52.4. The average Bonchev–Trinajstić information content (AvgIpc) is 3.33. The molecule has 4 aromatic carbocycles. The van der Waals surface area contributed by atoms with E-state index in [0.29, 0.717) is 85.4 Å². The third-order valence-corrected chi connectivity index (χ3v) is 10.6. The Morgan fingerprint density at radius 3 is 0.985 bits per heavy atom. The lowest BCUT2D eigenvalue weighted by molar-refractivity contribution is -0.141. The predicted octanol–water partition coefficient (Wildman–Crippen LogP) is 6.21. The van der Waals surface area contributed by atoms with Gasteiger partial charge in [-0.05, 0) is 119 Å². The molecule has 0 saturated heterocycles. The van der Waals surface area contributed by atoms with Crippen molar-refractivity contribution in [2.45, 2.75) is 84.7 Å². The van der Waals surface area contributed by atoms with E-state index in [2.05, 4.69) is 0 Å². The molecule has 0 bridgehead atoms. The number of aliphatic carboxylic acids is 1. The molecule has 18 nitrogen and oxygen atoms in total. The van der Waals surface area contributed by atoms with E-state index in [1.165, 1.54) is 56.7 Å². The summed E-state index contributed by atoms with van der Waals surface area (Å²) < 4.78 is 61.6. The Balaban J connectivity index is 1.69. The van der Waals surface area contributed by atoms with E-state index in [0.717, 1.165) is 0 Å². The summed E-state index contributed by atoms with van der Waals surface area (Å²) >= 11 is 0. The van der Waals surface area contributed by atoms with Crippen molar-refractivity contribution >= 4 is 29.8 Å². The van der Waals surface area contributed by atoms with E-state index in [-0.39, 0.29) is 82.9 Å². The molecule has 0 atom stereocenters. The van der Waals surface area contributed by atoms with Crippen molar-refractivity contribution in [3.63, 3.8) is 0 Å². The first-order valence-corrected chi connectivity index (χ1v) is 21.1. The maximum Gasteiger partial charge on any atom is 0.308 e. The van der Waals surface area contributed by atoms with Crippen LogP contribution in [-0.4, -0.2) is 89.8 Å². The van der Waals surface area contributed by atoms with Crippen LogP contribution in [0.3, 0.4) is 0 Å². The number of aliphatic hydroxyl groups is 1. The molecule has 0 spiro atoms. The number of esters is 4. The number of ether oxygens (including phenoxy) is 11. The minimum absolute atomic E-state index is 0.00106. The standard InChI is InChI=1S/C49H58O18/c1-29(51)67-45-20-31(9-13-46(52)53)37(24-41(45)60-5)28-66-44-19-33(12-16-49(56)63-8)36(23-40(44)59-4)27-65-43-18-32(11-15-48(55)62-7)35(22-39(43)58-3)26-64-42-17-30(10-14-47(54)61-6)34(25-50)21-38(42)57-2/h17-24,50H,9-16,25-28H2,1-8H3,(H,52,53). The van der Waals surface area contributed by atoms with Gasteiger partial charge in [0.15, 0.2) is 46.0 Å². The van der Waals surface area contributed by atoms with Gasteiger partial charge >= 0.3 is 29.8 Å². The number of aliphatic hydroxyl groups excluding tert-OH is 1. The zero-order chi connectivity index (χ0) is 49.0. The topological polar surface area (TPSA) is 227 Å². The lowest BCUT2D eigenvalue weighted by Crippen LogP contribution is -2.10. The van der Waals surface area contributed by atoms with Crippen LogP contribution >= 0.6 is 0 Å². The molecule has 0 fully saturated rings.